The molecule has 1 saturated heterocycles. The second-order valence-electron chi connectivity index (χ2n) is 8.50. The first-order valence-corrected chi connectivity index (χ1v) is 9.14. The zero-order valence-electron chi connectivity index (χ0n) is 14.8. The molecule has 23 heavy (non-hydrogen) atoms. The molecule has 0 amide bonds. The van der Waals surface area contributed by atoms with Gasteiger partial charge in [0.2, 0.25) is 0 Å². The summed E-state index contributed by atoms with van der Waals surface area (Å²) in [5.41, 5.74) is 1.84. The van der Waals surface area contributed by atoms with Crippen LogP contribution < -0.4 is 15.5 Å². The van der Waals surface area contributed by atoms with E-state index in [2.05, 4.69) is 53.4 Å². The number of anilines is 2. The number of hydrogen-bond donors (Lipinski definition) is 2. The van der Waals surface area contributed by atoms with Crippen LogP contribution in [0.1, 0.15) is 33.6 Å². The molecular weight excluding hydrogens is 284 g/mol. The number of hydrogen-bond acceptors (Lipinski definition) is 4. The molecule has 0 spiro atoms. The molecule has 2 bridgehead atoms. The van der Waals surface area contributed by atoms with E-state index in [-0.39, 0.29) is 0 Å². The third-order valence-electron chi connectivity index (χ3n) is 7.09. The fourth-order valence-corrected chi connectivity index (χ4v) is 5.10. The van der Waals surface area contributed by atoms with Gasteiger partial charge in [0.05, 0.1) is 0 Å². The molecule has 1 aliphatic heterocycles. The summed E-state index contributed by atoms with van der Waals surface area (Å²) in [6.45, 7) is 9.53. The van der Waals surface area contributed by atoms with Crippen molar-refractivity contribution in [3.8, 4) is 0 Å². The van der Waals surface area contributed by atoms with Crippen molar-refractivity contribution < 1.29 is 0 Å². The van der Waals surface area contributed by atoms with E-state index < -0.39 is 0 Å². The van der Waals surface area contributed by atoms with E-state index in [1.165, 1.54) is 18.5 Å². The molecule has 126 valence electrons. The van der Waals surface area contributed by atoms with Crippen molar-refractivity contribution in [2.24, 2.45) is 23.2 Å². The van der Waals surface area contributed by atoms with E-state index in [9.17, 15) is 0 Å². The minimum atomic E-state index is 0.548. The lowest BCUT2D eigenvalue weighted by Crippen LogP contribution is -2.58. The Kier molecular flexibility index (Phi) is 3.56. The summed E-state index contributed by atoms with van der Waals surface area (Å²) in [5, 5.41) is 7.08. The summed E-state index contributed by atoms with van der Waals surface area (Å²) >= 11 is 0. The lowest BCUT2D eigenvalue weighted by Gasteiger charge is -2.62. The SMILES string of the molecule is CNC1CN(c2ccnc(NC3CC4CC(C3C)C4(C)C)c2)C1. The fourth-order valence-electron chi connectivity index (χ4n) is 5.10. The van der Waals surface area contributed by atoms with Crippen LogP contribution in [0, 0.1) is 23.2 Å². The van der Waals surface area contributed by atoms with Gasteiger partial charge in [0, 0.05) is 43.1 Å². The zero-order chi connectivity index (χ0) is 16.2. The van der Waals surface area contributed by atoms with E-state index in [0.29, 0.717) is 17.5 Å². The van der Waals surface area contributed by atoms with Gasteiger partial charge in [-0.2, -0.15) is 0 Å². The zero-order valence-corrected chi connectivity index (χ0v) is 14.8. The highest BCUT2D eigenvalue weighted by Crippen LogP contribution is 2.61. The van der Waals surface area contributed by atoms with Gasteiger partial charge in [0.25, 0.3) is 0 Å². The molecule has 2 heterocycles. The van der Waals surface area contributed by atoms with Gasteiger partial charge in [-0.1, -0.05) is 20.8 Å². The predicted octanol–water partition coefficient (Wildman–Crippen LogP) is 2.97. The first kappa shape index (κ1) is 15.3. The third-order valence-corrected chi connectivity index (χ3v) is 7.09. The van der Waals surface area contributed by atoms with Crippen LogP contribution in [0.5, 0.6) is 0 Å². The molecule has 3 saturated carbocycles. The Bertz CT molecular complexity index is 578. The molecule has 0 aromatic carbocycles. The molecular formula is C19H30N4. The fraction of sp³-hybridized carbons (Fsp3) is 0.737. The number of likely N-dealkylation sites (N-methyl/N-ethyl adjacent to an activating group) is 1. The highest BCUT2D eigenvalue weighted by atomic mass is 15.2. The summed E-state index contributed by atoms with van der Waals surface area (Å²) in [6.07, 6.45) is 4.67. The largest absolute Gasteiger partial charge is 0.368 e. The van der Waals surface area contributed by atoms with Crippen molar-refractivity contribution >= 4 is 11.5 Å². The molecule has 4 fully saturated rings. The van der Waals surface area contributed by atoms with Crippen LogP contribution in [0.2, 0.25) is 0 Å². The molecule has 2 N–H and O–H groups in total. The smallest absolute Gasteiger partial charge is 0.128 e. The first-order chi connectivity index (χ1) is 11.0. The van der Waals surface area contributed by atoms with E-state index in [1.807, 2.05) is 13.2 Å². The second-order valence-corrected chi connectivity index (χ2v) is 8.50. The lowest BCUT2D eigenvalue weighted by atomic mass is 9.45. The van der Waals surface area contributed by atoms with Gasteiger partial charge in [-0.15, -0.1) is 0 Å². The highest BCUT2D eigenvalue weighted by molar-refractivity contribution is 5.56. The van der Waals surface area contributed by atoms with E-state index >= 15 is 0 Å². The van der Waals surface area contributed by atoms with Gasteiger partial charge in [-0.25, -0.2) is 4.98 Å². The van der Waals surface area contributed by atoms with Crippen molar-refractivity contribution in [2.75, 3.05) is 30.4 Å². The second kappa shape index (κ2) is 5.37. The quantitative estimate of drug-likeness (QED) is 0.896. The number of rotatable bonds is 4. The summed E-state index contributed by atoms with van der Waals surface area (Å²) in [5.74, 6) is 3.54. The average Bonchev–Trinajstić information content (AvgIpc) is 2.48. The van der Waals surface area contributed by atoms with Gasteiger partial charge < -0.3 is 15.5 Å². The maximum atomic E-state index is 4.57. The average molecular weight is 314 g/mol. The molecule has 4 heteroatoms. The van der Waals surface area contributed by atoms with Crippen LogP contribution in [0.4, 0.5) is 11.5 Å². The van der Waals surface area contributed by atoms with Crippen LogP contribution in [0.3, 0.4) is 0 Å². The van der Waals surface area contributed by atoms with Crippen LogP contribution in [-0.2, 0) is 0 Å². The summed E-state index contributed by atoms with van der Waals surface area (Å²) in [6, 6.07) is 5.56. The van der Waals surface area contributed by atoms with Gasteiger partial charge in [-0.3, -0.25) is 0 Å². The monoisotopic (exact) mass is 314 g/mol. The van der Waals surface area contributed by atoms with Crippen LogP contribution in [0.25, 0.3) is 0 Å². The van der Waals surface area contributed by atoms with Crippen molar-refractivity contribution in [1.82, 2.24) is 10.3 Å². The number of fused-ring (bicyclic) bond motifs is 2. The number of aromatic nitrogens is 1. The minimum absolute atomic E-state index is 0.548. The van der Waals surface area contributed by atoms with Crippen molar-refractivity contribution in [3.63, 3.8) is 0 Å². The Hall–Kier alpha value is -1.29. The Morgan fingerprint density at radius 2 is 2.04 bits per heavy atom. The Morgan fingerprint density at radius 3 is 2.70 bits per heavy atom. The maximum Gasteiger partial charge on any atom is 0.128 e. The van der Waals surface area contributed by atoms with Crippen LogP contribution in [0.15, 0.2) is 18.3 Å². The number of pyridine rings is 1. The molecule has 3 aliphatic carbocycles. The summed E-state index contributed by atoms with van der Waals surface area (Å²) < 4.78 is 0. The lowest BCUT2D eigenvalue weighted by molar-refractivity contribution is -0.105. The van der Waals surface area contributed by atoms with E-state index in [1.54, 1.807) is 0 Å². The normalized spacial score (nSPS) is 35.4. The molecule has 5 rings (SSSR count). The minimum Gasteiger partial charge on any atom is -0.368 e. The van der Waals surface area contributed by atoms with Crippen LogP contribution in [-0.4, -0.2) is 37.2 Å². The number of nitrogens with one attached hydrogen (secondary N) is 2. The Balaban J connectivity index is 1.42. The summed E-state index contributed by atoms with van der Waals surface area (Å²) in [4.78, 5) is 6.99. The van der Waals surface area contributed by atoms with Gasteiger partial charge in [0.15, 0.2) is 0 Å². The molecule has 4 unspecified atom stereocenters. The Labute approximate surface area is 140 Å². The number of nitrogens with zero attached hydrogens (tertiary/aromatic N) is 2. The standard InChI is InChI=1S/C19H30N4/c1-12-16-7-13(19(16,2)3)8-17(12)22-18-9-15(5-6-21-18)23-10-14(11-23)20-4/h5-6,9,12-14,16-17,20H,7-8,10-11H2,1-4H3,(H,21,22). The van der Waals surface area contributed by atoms with Crippen molar-refractivity contribution in [2.45, 2.75) is 45.7 Å². The van der Waals surface area contributed by atoms with Crippen molar-refractivity contribution in [1.29, 1.82) is 0 Å². The predicted molar refractivity (Wildman–Crippen MR) is 95.9 cm³/mol. The Morgan fingerprint density at radius 1 is 1.26 bits per heavy atom. The molecule has 0 radical (unpaired) electrons. The molecule has 1 aromatic rings. The van der Waals surface area contributed by atoms with Crippen LogP contribution >= 0.6 is 0 Å². The van der Waals surface area contributed by atoms with Crippen molar-refractivity contribution in [3.05, 3.63) is 18.3 Å². The van der Waals surface area contributed by atoms with E-state index in [4.69, 9.17) is 0 Å². The van der Waals surface area contributed by atoms with Gasteiger partial charge >= 0.3 is 0 Å². The molecule has 4 aliphatic rings. The molecule has 1 aromatic heterocycles. The topological polar surface area (TPSA) is 40.2 Å². The summed E-state index contributed by atoms with van der Waals surface area (Å²) in [7, 11) is 2.04. The van der Waals surface area contributed by atoms with E-state index in [0.717, 1.165) is 36.7 Å². The van der Waals surface area contributed by atoms with Gasteiger partial charge in [-0.05, 0) is 49.1 Å². The molecule has 4 nitrogen and oxygen atoms in total. The maximum absolute atomic E-state index is 4.57. The van der Waals surface area contributed by atoms with Gasteiger partial charge in [0.1, 0.15) is 5.82 Å². The third kappa shape index (κ3) is 2.42. The first-order valence-electron chi connectivity index (χ1n) is 9.14. The molecule has 4 atom stereocenters. The highest BCUT2D eigenvalue weighted by Gasteiger charge is 2.56.